The van der Waals surface area contributed by atoms with Gasteiger partial charge in [-0.05, 0) is 18.9 Å². The topological polar surface area (TPSA) is 63.0 Å². The molecule has 2 amide bonds. The van der Waals surface area contributed by atoms with Crippen molar-refractivity contribution >= 4 is 11.8 Å². The summed E-state index contributed by atoms with van der Waals surface area (Å²) in [6, 6.07) is 1.63. The monoisotopic (exact) mass is 294 g/mol. The second-order valence-corrected chi connectivity index (χ2v) is 5.13. The zero-order valence-electron chi connectivity index (χ0n) is 12.4. The number of nitrogens with zero attached hydrogens (tertiary/aromatic N) is 2. The smallest absolute Gasteiger partial charge is 0.257 e. The van der Waals surface area contributed by atoms with Crippen LogP contribution in [-0.2, 0) is 9.53 Å². The number of carbonyl (C=O) groups excluding carboxylic acids is 2. The Morgan fingerprint density at radius 2 is 2.10 bits per heavy atom. The molecule has 0 saturated carbocycles. The van der Waals surface area contributed by atoms with E-state index >= 15 is 0 Å². The van der Waals surface area contributed by atoms with Crippen LogP contribution in [0.15, 0.2) is 23.0 Å². The lowest BCUT2D eigenvalue weighted by Crippen LogP contribution is -2.37. The van der Waals surface area contributed by atoms with E-state index in [1.807, 2.05) is 4.90 Å². The van der Waals surface area contributed by atoms with E-state index in [2.05, 4.69) is 0 Å². The van der Waals surface area contributed by atoms with Crippen molar-refractivity contribution in [1.29, 1.82) is 0 Å². The summed E-state index contributed by atoms with van der Waals surface area (Å²) < 4.78 is 9.98. The van der Waals surface area contributed by atoms with Crippen LogP contribution in [0, 0.1) is 0 Å². The van der Waals surface area contributed by atoms with E-state index in [-0.39, 0.29) is 11.8 Å². The maximum Gasteiger partial charge on any atom is 0.257 e. The minimum absolute atomic E-state index is 0.120. The second kappa shape index (κ2) is 7.83. The van der Waals surface area contributed by atoms with Gasteiger partial charge in [0.15, 0.2) is 0 Å². The van der Waals surface area contributed by atoms with Gasteiger partial charge in [-0.3, -0.25) is 9.59 Å². The molecule has 1 aromatic heterocycles. The largest absolute Gasteiger partial charge is 0.472 e. The molecule has 0 N–H and O–H groups in total. The Bertz CT molecular complexity index is 452. The summed E-state index contributed by atoms with van der Waals surface area (Å²) in [7, 11) is 1.59. The van der Waals surface area contributed by atoms with Gasteiger partial charge in [-0.1, -0.05) is 0 Å². The molecule has 0 bridgehead atoms. The van der Waals surface area contributed by atoms with Crippen LogP contribution in [0.1, 0.15) is 29.6 Å². The van der Waals surface area contributed by atoms with E-state index in [4.69, 9.17) is 9.15 Å². The van der Waals surface area contributed by atoms with E-state index in [1.165, 1.54) is 12.5 Å². The summed E-state index contributed by atoms with van der Waals surface area (Å²) >= 11 is 0. The Morgan fingerprint density at radius 1 is 1.33 bits per heavy atom. The maximum absolute atomic E-state index is 12.3. The molecule has 21 heavy (non-hydrogen) atoms. The highest BCUT2D eigenvalue weighted by Crippen LogP contribution is 2.11. The molecule has 0 unspecified atom stereocenters. The van der Waals surface area contributed by atoms with Crippen LogP contribution < -0.4 is 0 Å². The number of methoxy groups -OCH3 is 1. The summed E-state index contributed by atoms with van der Waals surface area (Å²) in [5.74, 6) is -0.00932. The van der Waals surface area contributed by atoms with Gasteiger partial charge in [-0.2, -0.15) is 0 Å². The number of ether oxygens (including phenoxy) is 1. The third kappa shape index (κ3) is 4.32. The molecule has 0 aliphatic carbocycles. The van der Waals surface area contributed by atoms with Gasteiger partial charge in [-0.25, -0.2) is 0 Å². The van der Waals surface area contributed by atoms with Crippen LogP contribution in [0.2, 0.25) is 0 Å². The Kier molecular flexibility index (Phi) is 5.80. The van der Waals surface area contributed by atoms with Gasteiger partial charge < -0.3 is 19.0 Å². The van der Waals surface area contributed by atoms with E-state index in [9.17, 15) is 9.59 Å². The highest BCUT2D eigenvalue weighted by molar-refractivity contribution is 5.94. The standard InChI is InChI=1S/C15H22N2O4/c1-20-11-9-17(15(19)13-5-10-21-12-13)8-4-14(18)16-6-2-3-7-16/h5,10,12H,2-4,6-9,11H2,1H3. The number of furan rings is 1. The molecule has 2 rings (SSSR count). The molecule has 116 valence electrons. The Hall–Kier alpha value is -1.82. The van der Waals surface area contributed by atoms with E-state index < -0.39 is 0 Å². The van der Waals surface area contributed by atoms with E-state index in [0.717, 1.165) is 25.9 Å². The van der Waals surface area contributed by atoms with Crippen molar-refractivity contribution in [3.8, 4) is 0 Å². The first-order chi connectivity index (χ1) is 10.2. The molecular formula is C15H22N2O4. The van der Waals surface area contributed by atoms with Gasteiger partial charge in [0.25, 0.3) is 5.91 Å². The number of amides is 2. The SMILES string of the molecule is COCCN(CCC(=O)N1CCCC1)C(=O)c1ccoc1. The summed E-state index contributed by atoms with van der Waals surface area (Å²) in [4.78, 5) is 27.9. The van der Waals surface area contributed by atoms with Crippen LogP contribution in [0.25, 0.3) is 0 Å². The molecular weight excluding hydrogens is 272 g/mol. The van der Waals surface area contributed by atoms with Crippen molar-refractivity contribution in [3.05, 3.63) is 24.2 Å². The molecule has 1 aliphatic rings. The second-order valence-electron chi connectivity index (χ2n) is 5.13. The number of rotatable bonds is 7. The van der Waals surface area contributed by atoms with E-state index in [0.29, 0.717) is 31.7 Å². The van der Waals surface area contributed by atoms with Crippen molar-refractivity contribution in [2.24, 2.45) is 0 Å². The lowest BCUT2D eigenvalue weighted by molar-refractivity contribution is -0.130. The van der Waals surface area contributed by atoms with Crippen molar-refractivity contribution in [3.63, 3.8) is 0 Å². The normalized spacial score (nSPS) is 14.4. The zero-order chi connectivity index (χ0) is 15.1. The van der Waals surface area contributed by atoms with Gasteiger partial charge in [-0.15, -0.1) is 0 Å². The molecule has 0 atom stereocenters. The van der Waals surface area contributed by atoms with Gasteiger partial charge >= 0.3 is 0 Å². The van der Waals surface area contributed by atoms with Crippen molar-refractivity contribution < 1.29 is 18.7 Å². The minimum atomic E-state index is -0.130. The van der Waals surface area contributed by atoms with Crippen LogP contribution >= 0.6 is 0 Å². The third-order valence-electron chi connectivity index (χ3n) is 3.68. The molecule has 0 spiro atoms. The van der Waals surface area contributed by atoms with Crippen LogP contribution in [-0.4, -0.2) is 61.5 Å². The number of likely N-dealkylation sites (tertiary alicyclic amines) is 1. The molecule has 1 saturated heterocycles. The Labute approximate surface area is 124 Å². The Balaban J connectivity index is 1.89. The van der Waals surface area contributed by atoms with Gasteiger partial charge in [0.05, 0.1) is 18.4 Å². The lowest BCUT2D eigenvalue weighted by atomic mass is 10.2. The predicted molar refractivity (Wildman–Crippen MR) is 76.9 cm³/mol. The van der Waals surface area contributed by atoms with Crippen LogP contribution in [0.3, 0.4) is 0 Å². The fourth-order valence-corrected chi connectivity index (χ4v) is 2.44. The summed E-state index contributed by atoms with van der Waals surface area (Å²) in [6.45, 7) is 3.00. The average Bonchev–Trinajstić information content (AvgIpc) is 3.19. The van der Waals surface area contributed by atoms with Crippen LogP contribution in [0.5, 0.6) is 0 Å². The molecule has 2 heterocycles. The highest BCUT2D eigenvalue weighted by atomic mass is 16.5. The van der Waals surface area contributed by atoms with Gasteiger partial charge in [0, 0.05) is 39.7 Å². The number of carbonyl (C=O) groups is 2. The highest BCUT2D eigenvalue weighted by Gasteiger charge is 2.21. The van der Waals surface area contributed by atoms with Crippen molar-refractivity contribution in [2.75, 3.05) is 39.9 Å². The van der Waals surface area contributed by atoms with Gasteiger partial charge in [0.2, 0.25) is 5.91 Å². The minimum Gasteiger partial charge on any atom is -0.472 e. The first-order valence-electron chi connectivity index (χ1n) is 7.30. The maximum atomic E-state index is 12.3. The molecule has 1 fully saturated rings. The first-order valence-corrected chi connectivity index (χ1v) is 7.30. The first kappa shape index (κ1) is 15.6. The lowest BCUT2D eigenvalue weighted by Gasteiger charge is -2.23. The summed E-state index contributed by atoms with van der Waals surface area (Å²) in [6.07, 6.45) is 5.40. The van der Waals surface area contributed by atoms with Gasteiger partial charge in [0.1, 0.15) is 6.26 Å². The fraction of sp³-hybridized carbons (Fsp3) is 0.600. The predicted octanol–water partition coefficient (Wildman–Crippen LogP) is 1.38. The molecule has 0 aromatic carbocycles. The molecule has 6 nitrogen and oxygen atoms in total. The number of hydrogen-bond donors (Lipinski definition) is 0. The van der Waals surface area contributed by atoms with Crippen LogP contribution in [0.4, 0.5) is 0 Å². The third-order valence-corrected chi connectivity index (χ3v) is 3.68. The summed E-state index contributed by atoms with van der Waals surface area (Å²) in [5, 5.41) is 0. The molecule has 0 radical (unpaired) electrons. The molecule has 1 aromatic rings. The Morgan fingerprint density at radius 3 is 2.71 bits per heavy atom. The molecule has 1 aliphatic heterocycles. The fourth-order valence-electron chi connectivity index (χ4n) is 2.44. The van der Waals surface area contributed by atoms with E-state index in [1.54, 1.807) is 18.1 Å². The van der Waals surface area contributed by atoms with Crippen molar-refractivity contribution in [2.45, 2.75) is 19.3 Å². The summed E-state index contributed by atoms with van der Waals surface area (Å²) in [5.41, 5.74) is 0.500. The zero-order valence-corrected chi connectivity index (χ0v) is 12.4. The molecule has 6 heteroatoms. The quantitative estimate of drug-likeness (QED) is 0.762. The number of hydrogen-bond acceptors (Lipinski definition) is 4. The van der Waals surface area contributed by atoms with Crippen molar-refractivity contribution in [1.82, 2.24) is 9.80 Å². The average molecular weight is 294 g/mol.